The smallest absolute Gasteiger partial charge is 0.344 e. The molecule has 0 saturated heterocycles. The molecule has 0 saturated carbocycles. The van der Waals surface area contributed by atoms with Crippen LogP contribution in [0, 0.1) is 0 Å². The van der Waals surface area contributed by atoms with E-state index in [1.165, 1.54) is 11.8 Å². The number of anilines is 2. The highest BCUT2D eigenvalue weighted by atomic mass is 16.6. The number of rotatable bonds is 3. The fourth-order valence-corrected chi connectivity index (χ4v) is 4.14. The van der Waals surface area contributed by atoms with Crippen molar-refractivity contribution in [2.45, 2.75) is 19.4 Å². The molecule has 1 amide bonds. The normalized spacial score (nSPS) is 20.2. The zero-order chi connectivity index (χ0) is 22.5. The van der Waals surface area contributed by atoms with Gasteiger partial charge in [-0.3, -0.25) is 19.5 Å². The summed E-state index contributed by atoms with van der Waals surface area (Å²) < 4.78 is 10.9. The number of cyclic esters (lactones) is 1. The van der Waals surface area contributed by atoms with Crippen LogP contribution in [-0.2, 0) is 24.7 Å². The van der Waals surface area contributed by atoms with E-state index in [1.807, 2.05) is 18.2 Å². The van der Waals surface area contributed by atoms with Crippen molar-refractivity contribution in [3.8, 4) is 0 Å². The first-order valence-electron chi connectivity index (χ1n) is 10.0. The predicted octanol–water partition coefficient (Wildman–Crippen LogP) is 4.21. The van der Waals surface area contributed by atoms with Gasteiger partial charge in [0.25, 0.3) is 5.91 Å². The number of para-hydroxylation sites is 1. The Bertz CT molecular complexity index is 1330. The number of carbonyl (C=O) groups is 3. The lowest BCUT2D eigenvalue weighted by atomic mass is 9.97. The van der Waals surface area contributed by atoms with Crippen molar-refractivity contribution in [2.75, 3.05) is 4.90 Å². The summed E-state index contributed by atoms with van der Waals surface area (Å²) >= 11 is 0. The minimum absolute atomic E-state index is 0.391. The molecule has 0 bridgehead atoms. The Hall–Kier alpha value is -4.26. The van der Waals surface area contributed by atoms with Gasteiger partial charge in [0.15, 0.2) is 0 Å². The van der Waals surface area contributed by atoms with E-state index in [2.05, 4.69) is 4.98 Å². The zero-order valence-corrected chi connectivity index (χ0v) is 17.4. The second kappa shape index (κ2) is 7.16. The summed E-state index contributed by atoms with van der Waals surface area (Å²) in [6.07, 6.45) is 4.88. The Labute approximate surface area is 183 Å². The first kappa shape index (κ1) is 19.7. The van der Waals surface area contributed by atoms with Crippen LogP contribution < -0.4 is 4.90 Å². The van der Waals surface area contributed by atoms with Gasteiger partial charge in [0.2, 0.25) is 5.60 Å². The number of nitrogens with zero attached hydrogens (tertiary/aromatic N) is 2. The molecular weight excluding hydrogens is 408 g/mol. The van der Waals surface area contributed by atoms with Gasteiger partial charge in [-0.15, -0.1) is 0 Å². The maximum absolute atomic E-state index is 13.4. The van der Waals surface area contributed by atoms with Gasteiger partial charge >= 0.3 is 11.9 Å². The van der Waals surface area contributed by atoms with Crippen molar-refractivity contribution >= 4 is 41.1 Å². The summed E-state index contributed by atoms with van der Waals surface area (Å²) in [6.45, 7) is 2.86. The summed E-state index contributed by atoms with van der Waals surface area (Å²) in [6, 6.07) is 16.1. The molecule has 0 unspecified atom stereocenters. The molecule has 1 atom stereocenters. The number of pyridine rings is 1. The number of fused-ring (bicyclic) bond motifs is 2. The van der Waals surface area contributed by atoms with Crippen LogP contribution in [0.5, 0.6) is 0 Å². The Morgan fingerprint density at radius 1 is 1.06 bits per heavy atom. The number of hydrogen-bond acceptors (Lipinski definition) is 6. The highest BCUT2D eigenvalue weighted by Crippen LogP contribution is 2.46. The second-order valence-corrected chi connectivity index (χ2v) is 7.70. The molecule has 0 spiro atoms. The fourth-order valence-electron chi connectivity index (χ4n) is 4.14. The minimum Gasteiger partial charge on any atom is -0.444 e. The molecule has 7 nitrogen and oxygen atoms in total. The standard InChI is InChI=1S/C25H18N2O5/c1-15(28)32-25(2)20-9-5-6-10-21(20)27(24(25)30)17-11-16(13-26-14-17)12-22-18-7-3-4-8-19(18)23(29)31-22/h3-14H,1-2H3/t25-/m1/s1. The van der Waals surface area contributed by atoms with Gasteiger partial charge in [-0.25, -0.2) is 4.79 Å². The Balaban J connectivity index is 1.57. The van der Waals surface area contributed by atoms with E-state index in [4.69, 9.17) is 9.47 Å². The molecule has 2 aromatic carbocycles. The number of carbonyl (C=O) groups excluding carboxylic acids is 3. The maximum Gasteiger partial charge on any atom is 0.344 e. The molecule has 0 fully saturated rings. The minimum atomic E-state index is -1.43. The molecule has 0 N–H and O–H groups in total. The Morgan fingerprint density at radius 2 is 1.78 bits per heavy atom. The van der Waals surface area contributed by atoms with E-state index in [0.29, 0.717) is 39.4 Å². The highest BCUT2D eigenvalue weighted by molar-refractivity contribution is 6.12. The van der Waals surface area contributed by atoms with Crippen LogP contribution in [-0.4, -0.2) is 22.8 Å². The maximum atomic E-state index is 13.4. The van der Waals surface area contributed by atoms with E-state index in [9.17, 15) is 14.4 Å². The van der Waals surface area contributed by atoms with E-state index in [0.717, 1.165) is 0 Å². The number of ether oxygens (including phenoxy) is 2. The second-order valence-electron chi connectivity index (χ2n) is 7.70. The van der Waals surface area contributed by atoms with Crippen LogP contribution in [0.2, 0.25) is 0 Å². The largest absolute Gasteiger partial charge is 0.444 e. The first-order valence-corrected chi connectivity index (χ1v) is 10.0. The molecule has 3 aromatic rings. The van der Waals surface area contributed by atoms with E-state index < -0.39 is 23.4 Å². The van der Waals surface area contributed by atoms with Crippen LogP contribution in [0.1, 0.15) is 40.9 Å². The SMILES string of the molecule is CC(=O)O[C@@]1(C)C(=O)N(c2cncc(C=C3OC(=O)c4ccccc43)c2)c2ccccc21. The summed E-state index contributed by atoms with van der Waals surface area (Å²) in [5, 5.41) is 0. The summed E-state index contributed by atoms with van der Waals surface area (Å²) in [7, 11) is 0. The summed E-state index contributed by atoms with van der Waals surface area (Å²) in [5.74, 6) is -0.923. The van der Waals surface area contributed by atoms with Crippen molar-refractivity contribution in [1.29, 1.82) is 0 Å². The molecule has 158 valence electrons. The molecule has 1 aromatic heterocycles. The van der Waals surface area contributed by atoms with Gasteiger partial charge in [0.05, 0.1) is 23.1 Å². The van der Waals surface area contributed by atoms with Crippen molar-refractivity contribution in [1.82, 2.24) is 4.98 Å². The third kappa shape index (κ3) is 2.98. The molecule has 7 heteroatoms. The number of aromatic nitrogens is 1. The molecular formula is C25H18N2O5. The lowest BCUT2D eigenvalue weighted by molar-refractivity contribution is -0.163. The van der Waals surface area contributed by atoms with Gasteiger partial charge in [0, 0.05) is 24.2 Å². The lowest BCUT2D eigenvalue weighted by Gasteiger charge is -2.24. The average molecular weight is 426 g/mol. The van der Waals surface area contributed by atoms with E-state index in [-0.39, 0.29) is 0 Å². The third-order valence-electron chi connectivity index (χ3n) is 5.53. The van der Waals surface area contributed by atoms with Gasteiger partial charge in [-0.2, -0.15) is 0 Å². The first-order chi connectivity index (χ1) is 15.4. The number of amides is 1. The molecule has 2 aliphatic heterocycles. The highest BCUT2D eigenvalue weighted by Gasteiger charge is 2.51. The van der Waals surface area contributed by atoms with Crippen LogP contribution in [0.3, 0.4) is 0 Å². The van der Waals surface area contributed by atoms with Gasteiger partial charge in [-0.05, 0) is 36.8 Å². The average Bonchev–Trinajstić information content (AvgIpc) is 3.20. The van der Waals surface area contributed by atoms with Gasteiger partial charge < -0.3 is 9.47 Å². The van der Waals surface area contributed by atoms with Crippen LogP contribution in [0.15, 0.2) is 67.0 Å². The Morgan fingerprint density at radius 3 is 2.56 bits per heavy atom. The van der Waals surface area contributed by atoms with Crippen molar-refractivity contribution in [3.63, 3.8) is 0 Å². The molecule has 0 radical (unpaired) electrons. The van der Waals surface area contributed by atoms with Crippen LogP contribution >= 0.6 is 0 Å². The van der Waals surface area contributed by atoms with Crippen molar-refractivity contribution in [3.05, 3.63) is 89.2 Å². The monoisotopic (exact) mass is 426 g/mol. The number of esters is 2. The van der Waals surface area contributed by atoms with Crippen molar-refractivity contribution < 1.29 is 23.9 Å². The zero-order valence-electron chi connectivity index (χ0n) is 17.4. The van der Waals surface area contributed by atoms with E-state index >= 15 is 0 Å². The van der Waals surface area contributed by atoms with Gasteiger partial charge in [-0.1, -0.05) is 36.4 Å². The number of benzene rings is 2. The quantitative estimate of drug-likeness (QED) is 0.584. The third-order valence-corrected chi connectivity index (χ3v) is 5.53. The molecule has 32 heavy (non-hydrogen) atoms. The topological polar surface area (TPSA) is 85.8 Å². The lowest BCUT2D eigenvalue weighted by Crippen LogP contribution is -2.39. The molecule has 2 aliphatic rings. The van der Waals surface area contributed by atoms with E-state index in [1.54, 1.807) is 61.8 Å². The van der Waals surface area contributed by atoms with Gasteiger partial charge in [0.1, 0.15) is 5.76 Å². The molecule has 3 heterocycles. The Kier molecular flexibility index (Phi) is 4.41. The molecule has 0 aliphatic carbocycles. The summed E-state index contributed by atoms with van der Waals surface area (Å²) in [4.78, 5) is 43.0. The molecule has 5 rings (SSSR count). The van der Waals surface area contributed by atoms with Crippen molar-refractivity contribution in [2.24, 2.45) is 0 Å². The fraction of sp³-hybridized carbons (Fsp3) is 0.120. The predicted molar refractivity (Wildman–Crippen MR) is 117 cm³/mol. The summed E-state index contributed by atoms with van der Waals surface area (Å²) in [5.41, 5.74) is 2.14. The number of hydrogen-bond donors (Lipinski definition) is 0. The van der Waals surface area contributed by atoms with Crippen LogP contribution in [0.4, 0.5) is 11.4 Å². The van der Waals surface area contributed by atoms with Crippen LogP contribution in [0.25, 0.3) is 11.8 Å².